The molecule has 21 heavy (non-hydrogen) atoms. The standard InChI is InChI=1S/C14H14BrNO3S2/c1-2-21(18,19)11-5-3-9(4-6-11)13(14(16)17)12-7-10(15)8-20-12/h3-8,13H,2H2,1H3,(H2,16,17). The second-order valence-corrected chi connectivity index (χ2v) is 8.61. The van der Waals surface area contributed by atoms with Gasteiger partial charge in [-0.3, -0.25) is 4.79 Å². The lowest BCUT2D eigenvalue weighted by atomic mass is 9.97. The van der Waals surface area contributed by atoms with Crippen LogP contribution in [0, 0.1) is 0 Å². The number of amides is 1. The van der Waals surface area contributed by atoms with Gasteiger partial charge in [0.2, 0.25) is 5.91 Å². The van der Waals surface area contributed by atoms with Gasteiger partial charge in [-0.05, 0) is 39.7 Å². The lowest BCUT2D eigenvalue weighted by Crippen LogP contribution is -2.21. The lowest BCUT2D eigenvalue weighted by molar-refractivity contribution is -0.118. The lowest BCUT2D eigenvalue weighted by Gasteiger charge is -2.12. The summed E-state index contributed by atoms with van der Waals surface area (Å²) in [6, 6.07) is 8.17. The van der Waals surface area contributed by atoms with E-state index < -0.39 is 21.7 Å². The van der Waals surface area contributed by atoms with Crippen LogP contribution in [0.5, 0.6) is 0 Å². The predicted molar refractivity (Wildman–Crippen MR) is 87.2 cm³/mol. The van der Waals surface area contributed by atoms with E-state index in [1.807, 2.05) is 11.4 Å². The summed E-state index contributed by atoms with van der Waals surface area (Å²) in [7, 11) is -3.24. The van der Waals surface area contributed by atoms with Crippen LogP contribution in [0.1, 0.15) is 23.3 Å². The van der Waals surface area contributed by atoms with E-state index in [0.29, 0.717) is 5.56 Å². The quantitative estimate of drug-likeness (QED) is 0.856. The Morgan fingerprint density at radius 1 is 1.33 bits per heavy atom. The van der Waals surface area contributed by atoms with Crippen molar-refractivity contribution in [1.29, 1.82) is 0 Å². The van der Waals surface area contributed by atoms with Crippen LogP contribution in [-0.4, -0.2) is 20.1 Å². The zero-order chi connectivity index (χ0) is 15.6. The molecule has 4 nitrogen and oxygen atoms in total. The van der Waals surface area contributed by atoms with Crippen LogP contribution in [0.3, 0.4) is 0 Å². The van der Waals surface area contributed by atoms with E-state index in [2.05, 4.69) is 15.9 Å². The minimum atomic E-state index is -3.24. The summed E-state index contributed by atoms with van der Waals surface area (Å²) in [5.74, 6) is -0.987. The van der Waals surface area contributed by atoms with E-state index in [0.717, 1.165) is 9.35 Å². The molecule has 2 aromatic rings. The first-order valence-electron chi connectivity index (χ1n) is 6.21. The van der Waals surface area contributed by atoms with Crippen LogP contribution in [-0.2, 0) is 14.6 Å². The molecule has 112 valence electrons. The minimum absolute atomic E-state index is 0.0451. The second-order valence-electron chi connectivity index (χ2n) is 4.48. The van der Waals surface area contributed by atoms with Gasteiger partial charge in [0.15, 0.2) is 9.84 Å². The molecule has 7 heteroatoms. The predicted octanol–water partition coefficient (Wildman–Crippen LogP) is 2.92. The highest BCUT2D eigenvalue weighted by Crippen LogP contribution is 2.32. The highest BCUT2D eigenvalue weighted by Gasteiger charge is 2.22. The normalized spacial score (nSPS) is 13.0. The number of nitrogens with two attached hydrogens (primary N) is 1. The molecule has 1 atom stereocenters. The fourth-order valence-electron chi connectivity index (χ4n) is 1.98. The molecule has 0 fully saturated rings. The van der Waals surface area contributed by atoms with Crippen molar-refractivity contribution in [3.05, 3.63) is 50.6 Å². The van der Waals surface area contributed by atoms with Crippen molar-refractivity contribution in [3.63, 3.8) is 0 Å². The number of hydrogen-bond donors (Lipinski definition) is 1. The molecule has 0 aliphatic rings. The number of primary amides is 1. The van der Waals surface area contributed by atoms with Crippen LogP contribution in [0.4, 0.5) is 0 Å². The smallest absolute Gasteiger partial charge is 0.230 e. The summed E-state index contributed by atoms with van der Waals surface area (Å²) in [6.45, 7) is 1.60. The number of halogens is 1. The van der Waals surface area contributed by atoms with Gasteiger partial charge < -0.3 is 5.73 Å². The largest absolute Gasteiger partial charge is 0.369 e. The molecule has 1 aromatic heterocycles. The van der Waals surface area contributed by atoms with Crippen LogP contribution >= 0.6 is 27.3 Å². The van der Waals surface area contributed by atoms with Crippen molar-refractivity contribution < 1.29 is 13.2 Å². The Balaban J connectivity index is 2.41. The van der Waals surface area contributed by atoms with Gasteiger partial charge in [0.05, 0.1) is 16.6 Å². The molecule has 0 saturated carbocycles. The molecular formula is C14H14BrNO3S2. The summed E-state index contributed by atoms with van der Waals surface area (Å²) in [5, 5.41) is 1.88. The van der Waals surface area contributed by atoms with E-state index in [1.165, 1.54) is 23.5 Å². The molecule has 0 bridgehead atoms. The SMILES string of the molecule is CCS(=O)(=O)c1ccc(C(C(N)=O)c2cc(Br)cs2)cc1. The van der Waals surface area contributed by atoms with Crippen molar-refractivity contribution >= 4 is 43.0 Å². The molecule has 1 amide bonds. The number of rotatable bonds is 5. The Bertz CT molecular complexity index is 751. The van der Waals surface area contributed by atoms with Crippen LogP contribution in [0.15, 0.2) is 45.1 Å². The number of hydrogen-bond acceptors (Lipinski definition) is 4. The van der Waals surface area contributed by atoms with Gasteiger partial charge in [-0.2, -0.15) is 0 Å². The molecule has 0 aliphatic carbocycles. The van der Waals surface area contributed by atoms with Gasteiger partial charge in [-0.15, -0.1) is 11.3 Å². The second kappa shape index (κ2) is 6.29. The molecule has 0 radical (unpaired) electrons. The molecule has 0 spiro atoms. The zero-order valence-electron chi connectivity index (χ0n) is 11.2. The molecule has 1 unspecified atom stereocenters. The van der Waals surface area contributed by atoms with E-state index in [1.54, 1.807) is 19.1 Å². The van der Waals surface area contributed by atoms with Crippen molar-refractivity contribution in [2.75, 3.05) is 5.75 Å². The molecule has 2 rings (SSSR count). The third kappa shape index (κ3) is 3.53. The number of sulfone groups is 1. The zero-order valence-corrected chi connectivity index (χ0v) is 14.5. The third-order valence-electron chi connectivity index (χ3n) is 3.11. The molecule has 0 saturated heterocycles. The van der Waals surface area contributed by atoms with E-state index >= 15 is 0 Å². The Hall–Kier alpha value is -1.18. The van der Waals surface area contributed by atoms with Gasteiger partial charge in [-0.25, -0.2) is 8.42 Å². The number of benzene rings is 1. The monoisotopic (exact) mass is 387 g/mol. The van der Waals surface area contributed by atoms with E-state index in [-0.39, 0.29) is 10.6 Å². The Kier molecular flexibility index (Phi) is 4.85. The van der Waals surface area contributed by atoms with Crippen LogP contribution in [0.2, 0.25) is 0 Å². The first kappa shape index (κ1) is 16.2. The third-order valence-corrected chi connectivity index (χ3v) is 6.62. The van der Waals surface area contributed by atoms with E-state index in [9.17, 15) is 13.2 Å². The summed E-state index contributed by atoms with van der Waals surface area (Å²) in [4.78, 5) is 12.8. The Morgan fingerprint density at radius 3 is 2.38 bits per heavy atom. The Labute approximate surface area is 136 Å². The number of thiophene rings is 1. The van der Waals surface area contributed by atoms with Crippen molar-refractivity contribution in [1.82, 2.24) is 0 Å². The summed E-state index contributed by atoms with van der Waals surface area (Å²) in [5.41, 5.74) is 6.18. The van der Waals surface area contributed by atoms with Gasteiger partial charge in [-0.1, -0.05) is 19.1 Å². The number of carbonyl (C=O) groups excluding carboxylic acids is 1. The average molecular weight is 388 g/mol. The maximum absolute atomic E-state index is 11.8. The van der Waals surface area contributed by atoms with Gasteiger partial charge in [0.25, 0.3) is 0 Å². The molecule has 1 heterocycles. The van der Waals surface area contributed by atoms with Crippen molar-refractivity contribution in [2.45, 2.75) is 17.7 Å². The highest BCUT2D eigenvalue weighted by atomic mass is 79.9. The van der Waals surface area contributed by atoms with Crippen LogP contribution < -0.4 is 5.73 Å². The average Bonchev–Trinajstić information content (AvgIpc) is 2.85. The van der Waals surface area contributed by atoms with Gasteiger partial charge >= 0.3 is 0 Å². The Morgan fingerprint density at radius 2 is 1.95 bits per heavy atom. The van der Waals surface area contributed by atoms with Crippen molar-refractivity contribution in [3.8, 4) is 0 Å². The fourth-order valence-corrected chi connectivity index (χ4v) is 4.45. The van der Waals surface area contributed by atoms with Crippen LogP contribution in [0.25, 0.3) is 0 Å². The summed E-state index contributed by atoms with van der Waals surface area (Å²) < 4.78 is 24.5. The first-order chi connectivity index (χ1) is 9.85. The van der Waals surface area contributed by atoms with Gasteiger partial charge in [0.1, 0.15) is 0 Å². The molecule has 2 N–H and O–H groups in total. The summed E-state index contributed by atoms with van der Waals surface area (Å²) >= 11 is 4.78. The fraction of sp³-hybridized carbons (Fsp3) is 0.214. The maximum atomic E-state index is 11.8. The molecular weight excluding hydrogens is 374 g/mol. The molecule has 1 aromatic carbocycles. The molecule has 0 aliphatic heterocycles. The minimum Gasteiger partial charge on any atom is -0.369 e. The topological polar surface area (TPSA) is 77.2 Å². The highest BCUT2D eigenvalue weighted by molar-refractivity contribution is 9.10. The number of carbonyl (C=O) groups is 1. The summed E-state index contributed by atoms with van der Waals surface area (Å²) in [6.07, 6.45) is 0. The van der Waals surface area contributed by atoms with E-state index in [4.69, 9.17) is 5.73 Å². The maximum Gasteiger partial charge on any atom is 0.230 e. The van der Waals surface area contributed by atoms with Crippen molar-refractivity contribution in [2.24, 2.45) is 5.73 Å². The van der Waals surface area contributed by atoms with Gasteiger partial charge in [0, 0.05) is 14.7 Å². The first-order valence-corrected chi connectivity index (χ1v) is 9.53.